The van der Waals surface area contributed by atoms with Crippen LogP contribution in [0.25, 0.3) is 11.3 Å². The molecule has 1 aromatic heterocycles. The molecule has 2 rings (SSSR count). The predicted molar refractivity (Wildman–Crippen MR) is 90.5 cm³/mol. The molecule has 0 saturated heterocycles. The summed E-state index contributed by atoms with van der Waals surface area (Å²) >= 11 is 2.15. The smallest absolute Gasteiger partial charge is 0.120 e. The van der Waals surface area contributed by atoms with Crippen molar-refractivity contribution in [2.75, 3.05) is 0 Å². The van der Waals surface area contributed by atoms with Crippen LogP contribution in [0.5, 0.6) is 0 Å². The van der Waals surface area contributed by atoms with Gasteiger partial charge in [0.25, 0.3) is 0 Å². The minimum Gasteiger partial charge on any atom is -0.240 e. The molecule has 0 saturated carbocycles. The third-order valence-electron chi connectivity index (χ3n) is 3.24. The average molecular weight is 376 g/mol. The number of aromatic nitrogens is 1. The highest BCUT2D eigenvalue weighted by molar-refractivity contribution is 14.1. The van der Waals surface area contributed by atoms with Crippen LogP contribution in [0.1, 0.15) is 37.5 Å². The van der Waals surface area contributed by atoms with Gasteiger partial charge in [0.15, 0.2) is 0 Å². The van der Waals surface area contributed by atoms with E-state index in [1.54, 1.807) is 0 Å². The van der Waals surface area contributed by atoms with Crippen LogP contribution in [0.15, 0.2) is 30.3 Å². The number of rotatable bonds is 1. The third kappa shape index (κ3) is 3.01. The van der Waals surface area contributed by atoms with E-state index in [4.69, 9.17) is 0 Å². The maximum atomic E-state index is 9.37. The van der Waals surface area contributed by atoms with Gasteiger partial charge in [-0.15, -0.1) is 0 Å². The number of aryl methyl sites for hydroxylation is 1. The summed E-state index contributed by atoms with van der Waals surface area (Å²) in [5.74, 6) is 0. The fourth-order valence-electron chi connectivity index (χ4n) is 2.08. The Bertz CT molecular complexity index is 674. The predicted octanol–water partition coefficient (Wildman–Crippen LogP) is 4.83. The highest BCUT2D eigenvalue weighted by Gasteiger charge is 2.22. The van der Waals surface area contributed by atoms with E-state index < -0.39 is 0 Å². The summed E-state index contributed by atoms with van der Waals surface area (Å²) in [5.41, 5.74) is 4.91. The van der Waals surface area contributed by atoms with Gasteiger partial charge in [0, 0.05) is 5.56 Å². The third-order valence-corrected chi connectivity index (χ3v) is 4.02. The SMILES string of the molecule is Cc1ccc(-c2cc(C(C)(C)C)c(C#N)c(I)n2)cc1. The average Bonchev–Trinajstić information content (AvgIpc) is 2.37. The highest BCUT2D eigenvalue weighted by atomic mass is 127. The molecule has 20 heavy (non-hydrogen) atoms. The summed E-state index contributed by atoms with van der Waals surface area (Å²) in [5, 5.41) is 9.37. The first-order valence-electron chi connectivity index (χ1n) is 6.51. The van der Waals surface area contributed by atoms with E-state index in [0.717, 1.165) is 20.5 Å². The van der Waals surface area contributed by atoms with Crippen molar-refractivity contribution in [3.05, 3.63) is 50.7 Å². The second-order valence-corrected chi connectivity index (χ2v) is 6.97. The van der Waals surface area contributed by atoms with E-state index in [1.165, 1.54) is 5.56 Å². The molecule has 0 amide bonds. The number of hydrogen-bond donors (Lipinski definition) is 0. The van der Waals surface area contributed by atoms with Crippen LogP contribution >= 0.6 is 22.6 Å². The molecule has 2 aromatic rings. The Balaban J connectivity index is 2.66. The summed E-state index contributed by atoms with van der Waals surface area (Å²) in [7, 11) is 0. The van der Waals surface area contributed by atoms with Crippen LogP contribution in [-0.4, -0.2) is 4.98 Å². The Kier molecular flexibility index (Phi) is 4.14. The molecule has 0 spiro atoms. The molecule has 0 fully saturated rings. The molecule has 0 aliphatic carbocycles. The van der Waals surface area contributed by atoms with Gasteiger partial charge in [-0.05, 0) is 46.6 Å². The van der Waals surface area contributed by atoms with Crippen LogP contribution in [-0.2, 0) is 5.41 Å². The fourth-order valence-corrected chi connectivity index (χ4v) is 2.76. The van der Waals surface area contributed by atoms with Crippen molar-refractivity contribution < 1.29 is 0 Å². The summed E-state index contributed by atoms with van der Waals surface area (Å²) in [6, 6.07) is 12.7. The van der Waals surface area contributed by atoms with Crippen molar-refractivity contribution in [1.29, 1.82) is 5.26 Å². The zero-order valence-corrected chi connectivity index (χ0v) is 14.3. The van der Waals surface area contributed by atoms with Gasteiger partial charge in [-0.1, -0.05) is 50.6 Å². The summed E-state index contributed by atoms with van der Waals surface area (Å²) in [6.45, 7) is 8.44. The van der Waals surface area contributed by atoms with Crippen LogP contribution < -0.4 is 0 Å². The van der Waals surface area contributed by atoms with Crippen LogP contribution in [0.2, 0.25) is 0 Å². The first-order chi connectivity index (χ1) is 9.32. The van der Waals surface area contributed by atoms with E-state index in [0.29, 0.717) is 5.56 Å². The van der Waals surface area contributed by atoms with Crippen molar-refractivity contribution in [3.8, 4) is 17.3 Å². The van der Waals surface area contributed by atoms with E-state index >= 15 is 0 Å². The van der Waals surface area contributed by atoms with Crippen LogP contribution in [0.3, 0.4) is 0 Å². The van der Waals surface area contributed by atoms with Gasteiger partial charge < -0.3 is 0 Å². The van der Waals surface area contributed by atoms with E-state index in [1.807, 2.05) is 6.07 Å². The number of hydrogen-bond acceptors (Lipinski definition) is 2. The molecule has 0 atom stereocenters. The monoisotopic (exact) mass is 376 g/mol. The summed E-state index contributed by atoms with van der Waals surface area (Å²) in [6.07, 6.45) is 0. The van der Waals surface area contributed by atoms with Gasteiger partial charge in [0.1, 0.15) is 9.77 Å². The first-order valence-corrected chi connectivity index (χ1v) is 7.59. The number of benzene rings is 1. The molecule has 3 heteroatoms. The molecule has 0 bridgehead atoms. The number of halogens is 1. The topological polar surface area (TPSA) is 36.7 Å². The quantitative estimate of drug-likeness (QED) is 0.528. The van der Waals surface area contributed by atoms with E-state index in [-0.39, 0.29) is 5.41 Å². The molecule has 1 heterocycles. The summed E-state index contributed by atoms with van der Waals surface area (Å²) in [4.78, 5) is 4.58. The van der Waals surface area contributed by atoms with Gasteiger partial charge in [-0.3, -0.25) is 0 Å². The standard InChI is InChI=1S/C17H17IN2/c1-11-5-7-12(8-6-11)15-9-14(17(2,3)4)13(10-19)16(18)20-15/h5-9H,1-4H3. The maximum Gasteiger partial charge on any atom is 0.120 e. The van der Waals surface area contributed by atoms with Gasteiger partial charge in [0.05, 0.1) is 11.3 Å². The summed E-state index contributed by atoms with van der Waals surface area (Å²) < 4.78 is 0.771. The molecule has 2 nitrogen and oxygen atoms in total. The van der Waals surface area contributed by atoms with Crippen molar-refractivity contribution in [3.63, 3.8) is 0 Å². The highest BCUT2D eigenvalue weighted by Crippen LogP contribution is 2.31. The lowest BCUT2D eigenvalue weighted by atomic mass is 9.84. The Morgan fingerprint density at radius 1 is 1.15 bits per heavy atom. The van der Waals surface area contributed by atoms with E-state index in [2.05, 4.69) is 85.6 Å². The molecule has 0 aliphatic heterocycles. The van der Waals surface area contributed by atoms with Crippen LogP contribution in [0, 0.1) is 22.0 Å². The number of nitriles is 1. The van der Waals surface area contributed by atoms with Crippen molar-refractivity contribution in [2.24, 2.45) is 0 Å². The normalized spacial score (nSPS) is 11.2. The van der Waals surface area contributed by atoms with Gasteiger partial charge >= 0.3 is 0 Å². The first kappa shape index (κ1) is 15.0. The molecule has 0 aliphatic rings. The van der Waals surface area contributed by atoms with Gasteiger partial charge in [-0.2, -0.15) is 5.26 Å². The lowest BCUT2D eigenvalue weighted by molar-refractivity contribution is 0.587. The molecular formula is C17H17IN2. The van der Waals surface area contributed by atoms with Gasteiger partial charge in [-0.25, -0.2) is 4.98 Å². The Morgan fingerprint density at radius 3 is 2.25 bits per heavy atom. The lowest BCUT2D eigenvalue weighted by Gasteiger charge is -2.22. The zero-order valence-electron chi connectivity index (χ0n) is 12.2. The molecule has 0 N–H and O–H groups in total. The Labute approximate surface area is 134 Å². The van der Waals surface area contributed by atoms with Crippen molar-refractivity contribution >= 4 is 22.6 Å². The lowest BCUT2D eigenvalue weighted by Crippen LogP contribution is -2.15. The zero-order chi connectivity index (χ0) is 14.9. The fraction of sp³-hybridized carbons (Fsp3) is 0.294. The minimum absolute atomic E-state index is 0.0760. The Morgan fingerprint density at radius 2 is 1.75 bits per heavy atom. The maximum absolute atomic E-state index is 9.37. The molecule has 1 aromatic carbocycles. The minimum atomic E-state index is -0.0760. The largest absolute Gasteiger partial charge is 0.240 e. The molecule has 102 valence electrons. The second kappa shape index (κ2) is 5.53. The van der Waals surface area contributed by atoms with E-state index in [9.17, 15) is 5.26 Å². The van der Waals surface area contributed by atoms with Crippen molar-refractivity contribution in [2.45, 2.75) is 33.1 Å². The Hall–Kier alpha value is -1.41. The molecule has 0 radical (unpaired) electrons. The molecular weight excluding hydrogens is 359 g/mol. The van der Waals surface area contributed by atoms with Gasteiger partial charge in [0.2, 0.25) is 0 Å². The molecule has 0 unspecified atom stereocenters. The van der Waals surface area contributed by atoms with Crippen molar-refractivity contribution in [1.82, 2.24) is 4.98 Å². The number of nitrogens with zero attached hydrogens (tertiary/aromatic N) is 2. The number of pyridine rings is 1. The van der Waals surface area contributed by atoms with Crippen LogP contribution in [0.4, 0.5) is 0 Å². The second-order valence-electron chi connectivity index (χ2n) is 5.95.